The van der Waals surface area contributed by atoms with E-state index < -0.39 is 5.97 Å². The van der Waals surface area contributed by atoms with E-state index in [1.807, 2.05) is 26.0 Å². The van der Waals surface area contributed by atoms with Crippen LogP contribution < -0.4 is 0 Å². The molecule has 0 amide bonds. The highest BCUT2D eigenvalue weighted by Crippen LogP contribution is 2.25. The highest BCUT2D eigenvalue weighted by molar-refractivity contribution is 5.92. The van der Waals surface area contributed by atoms with E-state index in [1.165, 1.54) is 13.2 Å². The van der Waals surface area contributed by atoms with E-state index in [2.05, 4.69) is 10.8 Å². The first kappa shape index (κ1) is 13.0. The van der Waals surface area contributed by atoms with Crippen LogP contribution in [0.2, 0.25) is 0 Å². The monoisotopic (exact) mass is 229 g/mol. The van der Waals surface area contributed by atoms with E-state index in [1.54, 1.807) is 12.1 Å². The van der Waals surface area contributed by atoms with Gasteiger partial charge in [0.1, 0.15) is 0 Å². The molecule has 0 saturated carbocycles. The zero-order chi connectivity index (χ0) is 12.8. The predicted octanol–water partition coefficient (Wildman–Crippen LogP) is 2.77. The van der Waals surface area contributed by atoms with Gasteiger partial charge in [0.15, 0.2) is 0 Å². The molecule has 0 heterocycles. The van der Waals surface area contributed by atoms with Gasteiger partial charge in [0.05, 0.1) is 18.7 Å². The van der Waals surface area contributed by atoms with Crippen LogP contribution in [0.25, 0.3) is 5.57 Å². The summed E-state index contributed by atoms with van der Waals surface area (Å²) in [4.78, 5) is 11.3. The number of carbonyl (C=O) groups is 1. The highest BCUT2D eigenvalue weighted by atomic mass is 16.5. The third-order valence-electron chi connectivity index (χ3n) is 2.46. The molecule has 3 heteroatoms. The normalized spacial score (nSPS) is 11.1. The summed E-state index contributed by atoms with van der Waals surface area (Å²) in [6.07, 6.45) is 1.45. The Balaban J connectivity index is 3.30. The van der Waals surface area contributed by atoms with Crippen LogP contribution in [0.15, 0.2) is 30.3 Å². The third kappa shape index (κ3) is 3.18. The number of nitriles is 1. The van der Waals surface area contributed by atoms with Gasteiger partial charge in [-0.05, 0) is 23.1 Å². The molecular weight excluding hydrogens is 214 g/mol. The minimum atomic E-state index is -0.401. The molecule has 0 saturated heterocycles. The molecule has 0 unspecified atom stereocenters. The number of nitrogens with zero attached hydrogens (tertiary/aromatic N) is 1. The lowest BCUT2D eigenvalue weighted by Crippen LogP contribution is -2.02. The number of allylic oxidation sites excluding steroid dienone is 1. The van der Waals surface area contributed by atoms with Gasteiger partial charge in [0.25, 0.3) is 0 Å². The van der Waals surface area contributed by atoms with E-state index in [9.17, 15) is 4.79 Å². The predicted molar refractivity (Wildman–Crippen MR) is 66.0 cm³/mol. The second-order valence-electron chi connectivity index (χ2n) is 3.93. The maximum Gasteiger partial charge on any atom is 0.330 e. The zero-order valence-corrected chi connectivity index (χ0v) is 10.2. The average Bonchev–Trinajstić information content (AvgIpc) is 2.35. The second-order valence-corrected chi connectivity index (χ2v) is 3.93. The zero-order valence-electron chi connectivity index (χ0n) is 10.2. The summed E-state index contributed by atoms with van der Waals surface area (Å²) >= 11 is 0. The summed E-state index contributed by atoms with van der Waals surface area (Å²) in [7, 11) is 1.34. The fraction of sp³-hybridized carbons (Fsp3) is 0.286. The van der Waals surface area contributed by atoms with Crippen molar-refractivity contribution < 1.29 is 9.53 Å². The Morgan fingerprint density at radius 2 is 2.06 bits per heavy atom. The summed E-state index contributed by atoms with van der Waals surface area (Å²) in [6.45, 7) is 3.95. The molecule has 88 valence electrons. The van der Waals surface area contributed by atoms with Crippen molar-refractivity contribution in [3.05, 3.63) is 41.5 Å². The van der Waals surface area contributed by atoms with Crippen LogP contribution in [0.4, 0.5) is 0 Å². The van der Waals surface area contributed by atoms with Gasteiger partial charge in [-0.2, -0.15) is 5.26 Å². The Labute approximate surface area is 101 Å². The van der Waals surface area contributed by atoms with Crippen LogP contribution in [0.1, 0.15) is 25.0 Å². The van der Waals surface area contributed by atoms with Gasteiger partial charge in [-0.15, -0.1) is 0 Å². The molecule has 0 radical (unpaired) electrons. The van der Waals surface area contributed by atoms with Crippen LogP contribution in [-0.2, 0) is 9.53 Å². The van der Waals surface area contributed by atoms with Gasteiger partial charge < -0.3 is 4.74 Å². The van der Waals surface area contributed by atoms with Crippen molar-refractivity contribution in [1.29, 1.82) is 5.26 Å². The van der Waals surface area contributed by atoms with Gasteiger partial charge in [0.2, 0.25) is 0 Å². The third-order valence-corrected chi connectivity index (χ3v) is 2.46. The molecule has 17 heavy (non-hydrogen) atoms. The van der Waals surface area contributed by atoms with E-state index in [4.69, 9.17) is 5.26 Å². The maximum atomic E-state index is 11.3. The molecule has 0 aromatic heterocycles. The second kappa shape index (κ2) is 5.86. The topological polar surface area (TPSA) is 50.1 Å². The van der Waals surface area contributed by atoms with Crippen molar-refractivity contribution in [2.45, 2.75) is 13.8 Å². The molecule has 0 aliphatic heterocycles. The van der Waals surface area contributed by atoms with E-state index >= 15 is 0 Å². The van der Waals surface area contributed by atoms with Crippen LogP contribution in [-0.4, -0.2) is 13.1 Å². The van der Waals surface area contributed by atoms with Gasteiger partial charge in [-0.1, -0.05) is 32.0 Å². The Morgan fingerprint density at radius 1 is 1.41 bits per heavy atom. The number of rotatable bonds is 3. The number of hydrogen-bond acceptors (Lipinski definition) is 3. The van der Waals surface area contributed by atoms with Crippen LogP contribution >= 0.6 is 0 Å². The molecular formula is C14H15NO2. The minimum absolute atomic E-state index is 0.142. The number of esters is 1. The first-order valence-electron chi connectivity index (χ1n) is 5.39. The quantitative estimate of drug-likeness (QED) is 0.591. The van der Waals surface area contributed by atoms with Crippen LogP contribution in [0.3, 0.4) is 0 Å². The summed E-state index contributed by atoms with van der Waals surface area (Å²) in [6, 6.07) is 9.36. The largest absolute Gasteiger partial charge is 0.466 e. The summed E-state index contributed by atoms with van der Waals surface area (Å²) < 4.78 is 4.63. The minimum Gasteiger partial charge on any atom is -0.466 e. The molecule has 0 atom stereocenters. The number of ether oxygens (including phenoxy) is 1. The van der Waals surface area contributed by atoms with Crippen molar-refractivity contribution in [2.75, 3.05) is 7.11 Å². The molecule has 0 bridgehead atoms. The molecule has 1 rings (SSSR count). The van der Waals surface area contributed by atoms with Crippen molar-refractivity contribution in [3.8, 4) is 6.07 Å². The Hall–Kier alpha value is -2.08. The molecule has 0 spiro atoms. The van der Waals surface area contributed by atoms with E-state index in [-0.39, 0.29) is 5.92 Å². The smallest absolute Gasteiger partial charge is 0.330 e. The standard InChI is InChI=1S/C14H15NO2/c1-10(2)13(8-14(16)17-3)12-7-5-4-6-11(12)9-15/h4-8,10H,1-3H3. The van der Waals surface area contributed by atoms with Crippen LogP contribution in [0.5, 0.6) is 0 Å². The van der Waals surface area contributed by atoms with Crippen molar-refractivity contribution in [2.24, 2.45) is 5.92 Å². The number of hydrogen-bond donors (Lipinski definition) is 0. The molecule has 0 aliphatic carbocycles. The summed E-state index contributed by atoms with van der Waals surface area (Å²) in [5.41, 5.74) is 2.17. The van der Waals surface area contributed by atoms with Crippen molar-refractivity contribution >= 4 is 11.5 Å². The van der Waals surface area contributed by atoms with Crippen molar-refractivity contribution in [3.63, 3.8) is 0 Å². The Bertz CT molecular complexity index is 481. The fourth-order valence-corrected chi connectivity index (χ4v) is 1.57. The first-order chi connectivity index (χ1) is 8.10. The maximum absolute atomic E-state index is 11.3. The van der Waals surface area contributed by atoms with E-state index in [0.29, 0.717) is 5.56 Å². The van der Waals surface area contributed by atoms with Gasteiger partial charge in [0, 0.05) is 6.08 Å². The summed E-state index contributed by atoms with van der Waals surface area (Å²) in [5, 5.41) is 9.05. The van der Waals surface area contributed by atoms with Gasteiger partial charge in [-0.25, -0.2) is 4.79 Å². The number of benzene rings is 1. The van der Waals surface area contributed by atoms with Crippen LogP contribution in [0, 0.1) is 17.2 Å². The molecule has 3 nitrogen and oxygen atoms in total. The summed E-state index contributed by atoms with van der Waals surface area (Å²) in [5.74, 6) is -0.259. The Morgan fingerprint density at radius 3 is 2.59 bits per heavy atom. The van der Waals surface area contributed by atoms with Gasteiger partial charge >= 0.3 is 5.97 Å². The van der Waals surface area contributed by atoms with Crippen molar-refractivity contribution in [1.82, 2.24) is 0 Å². The van der Waals surface area contributed by atoms with E-state index in [0.717, 1.165) is 11.1 Å². The number of methoxy groups -OCH3 is 1. The van der Waals surface area contributed by atoms with Gasteiger partial charge in [-0.3, -0.25) is 0 Å². The lowest BCUT2D eigenvalue weighted by atomic mass is 9.92. The molecule has 0 aliphatic rings. The lowest BCUT2D eigenvalue weighted by molar-refractivity contribution is -0.134. The SMILES string of the molecule is COC(=O)C=C(c1ccccc1C#N)C(C)C. The average molecular weight is 229 g/mol. The molecule has 0 N–H and O–H groups in total. The highest BCUT2D eigenvalue weighted by Gasteiger charge is 2.12. The molecule has 1 aromatic rings. The first-order valence-corrected chi connectivity index (χ1v) is 5.39. The molecule has 1 aromatic carbocycles. The fourth-order valence-electron chi connectivity index (χ4n) is 1.57. The lowest BCUT2D eigenvalue weighted by Gasteiger charge is -2.12. The Kier molecular flexibility index (Phi) is 4.47. The molecule has 0 fully saturated rings. The number of carbonyl (C=O) groups excluding carboxylic acids is 1.